The number of hydrogen-bond donors (Lipinski definition) is 0. The molecule has 0 spiro atoms. The van der Waals surface area contributed by atoms with Crippen molar-refractivity contribution in [2.75, 3.05) is 5.33 Å². The summed E-state index contributed by atoms with van der Waals surface area (Å²) in [7, 11) is 0. The minimum absolute atomic E-state index is 1.14. The van der Waals surface area contributed by atoms with E-state index in [1.165, 1.54) is 45.9 Å². The maximum atomic E-state index is 3.58. The number of unbranched alkanes of at least 4 members (excludes halogenated alkanes) is 3. The van der Waals surface area contributed by atoms with Gasteiger partial charge < -0.3 is 0 Å². The van der Waals surface area contributed by atoms with Gasteiger partial charge in [-0.1, -0.05) is 28.8 Å². The third-order valence-electron chi connectivity index (χ3n) is 2.10. The number of alkyl halides is 1. The zero-order chi connectivity index (χ0) is 10.4. The lowest BCUT2D eigenvalue weighted by molar-refractivity contribution is 0.671. The molecule has 4 heteroatoms. The Kier molecular flexibility index (Phi) is 7.00. The first-order valence-corrected chi connectivity index (χ1v) is 8.31. The van der Waals surface area contributed by atoms with Crippen LogP contribution in [0.1, 0.15) is 31.2 Å². The second-order valence-corrected chi connectivity index (χ2v) is 7.03. The van der Waals surface area contributed by atoms with Crippen molar-refractivity contribution in [3.63, 3.8) is 0 Å². The van der Waals surface area contributed by atoms with Gasteiger partial charge in [-0.25, -0.2) is 0 Å². The van der Waals surface area contributed by atoms with Crippen molar-refractivity contribution in [2.45, 2.75) is 32.1 Å². The van der Waals surface area contributed by atoms with Crippen LogP contribution in [0.3, 0.4) is 0 Å². The monoisotopic (exact) mass is 402 g/mol. The fourth-order valence-electron chi connectivity index (χ4n) is 1.31. The fraction of sp³-hybridized carbons (Fsp3) is 0.600. The van der Waals surface area contributed by atoms with Crippen LogP contribution in [0.15, 0.2) is 13.6 Å². The SMILES string of the molecule is BrCCCCCCc1c(Br)csc1Br. The molecule has 0 radical (unpaired) electrons. The molecule has 0 aromatic carbocycles. The van der Waals surface area contributed by atoms with Gasteiger partial charge in [-0.3, -0.25) is 0 Å². The predicted molar refractivity (Wildman–Crippen MR) is 75.7 cm³/mol. The summed E-state index contributed by atoms with van der Waals surface area (Å²) in [4.78, 5) is 0. The Morgan fingerprint density at radius 3 is 2.36 bits per heavy atom. The molecule has 1 aromatic rings. The summed E-state index contributed by atoms with van der Waals surface area (Å²) in [5, 5.41) is 3.29. The van der Waals surface area contributed by atoms with E-state index in [4.69, 9.17) is 0 Å². The number of rotatable bonds is 6. The summed E-state index contributed by atoms with van der Waals surface area (Å²) in [6.45, 7) is 0. The molecule has 0 amide bonds. The first-order valence-electron chi connectivity index (χ1n) is 4.73. The molecule has 0 saturated heterocycles. The van der Waals surface area contributed by atoms with Gasteiger partial charge >= 0.3 is 0 Å². The minimum atomic E-state index is 1.14. The van der Waals surface area contributed by atoms with Crippen LogP contribution < -0.4 is 0 Å². The molecule has 0 atom stereocenters. The maximum Gasteiger partial charge on any atom is 0.0742 e. The highest BCUT2D eigenvalue weighted by atomic mass is 79.9. The van der Waals surface area contributed by atoms with Crippen molar-refractivity contribution in [2.24, 2.45) is 0 Å². The number of thiophene rings is 1. The Morgan fingerprint density at radius 2 is 1.79 bits per heavy atom. The molecular weight excluding hydrogens is 392 g/mol. The Hall–Kier alpha value is 1.14. The van der Waals surface area contributed by atoms with Crippen LogP contribution in [-0.4, -0.2) is 5.33 Å². The molecule has 0 saturated carbocycles. The normalized spacial score (nSPS) is 10.8. The molecule has 0 unspecified atom stereocenters. The van der Waals surface area contributed by atoms with Crippen LogP contribution in [-0.2, 0) is 6.42 Å². The Bertz CT molecular complexity index is 251. The van der Waals surface area contributed by atoms with Crippen LogP contribution in [0.25, 0.3) is 0 Å². The van der Waals surface area contributed by atoms with Gasteiger partial charge in [-0.05, 0) is 56.7 Å². The average molecular weight is 405 g/mol. The van der Waals surface area contributed by atoms with Crippen LogP contribution >= 0.6 is 59.1 Å². The zero-order valence-electron chi connectivity index (χ0n) is 7.86. The lowest BCUT2D eigenvalue weighted by atomic mass is 10.1. The molecule has 0 bridgehead atoms. The van der Waals surface area contributed by atoms with E-state index in [-0.39, 0.29) is 0 Å². The summed E-state index contributed by atoms with van der Waals surface area (Å²) >= 11 is 12.4. The first kappa shape index (κ1) is 13.2. The molecule has 0 aliphatic carbocycles. The van der Waals surface area contributed by atoms with Crippen LogP contribution in [0.5, 0.6) is 0 Å². The molecule has 1 aromatic heterocycles. The van der Waals surface area contributed by atoms with E-state index in [0.717, 1.165) is 5.33 Å². The summed E-state index contributed by atoms with van der Waals surface area (Å²) in [5.74, 6) is 0. The predicted octanol–water partition coefficient (Wildman–Crippen LogP) is 5.77. The molecule has 1 rings (SSSR count). The largest absolute Gasteiger partial charge is 0.135 e. The van der Waals surface area contributed by atoms with Gasteiger partial charge in [0.05, 0.1) is 3.79 Å². The molecule has 1 heterocycles. The zero-order valence-corrected chi connectivity index (χ0v) is 13.4. The number of hydrogen-bond acceptors (Lipinski definition) is 1. The standard InChI is InChI=1S/C10H13Br3S/c11-6-4-2-1-3-5-8-9(12)7-14-10(8)13/h7H,1-6H2. The molecular formula is C10H13Br3S. The van der Waals surface area contributed by atoms with Gasteiger partial charge in [0.25, 0.3) is 0 Å². The van der Waals surface area contributed by atoms with Crippen molar-refractivity contribution >= 4 is 59.1 Å². The quantitative estimate of drug-likeness (QED) is 0.417. The van der Waals surface area contributed by atoms with Crippen molar-refractivity contribution in [3.8, 4) is 0 Å². The van der Waals surface area contributed by atoms with E-state index in [0.29, 0.717) is 0 Å². The number of halogens is 3. The highest BCUT2D eigenvalue weighted by Crippen LogP contribution is 2.33. The Labute approximate surface area is 115 Å². The van der Waals surface area contributed by atoms with E-state index in [9.17, 15) is 0 Å². The van der Waals surface area contributed by atoms with Gasteiger partial charge in [0.1, 0.15) is 0 Å². The van der Waals surface area contributed by atoms with Crippen LogP contribution in [0.2, 0.25) is 0 Å². The van der Waals surface area contributed by atoms with Gasteiger partial charge in [-0.15, -0.1) is 11.3 Å². The molecule has 0 aliphatic heterocycles. The summed E-state index contributed by atoms with van der Waals surface area (Å²) in [6.07, 6.45) is 6.45. The van der Waals surface area contributed by atoms with Gasteiger partial charge in [-0.2, -0.15) is 0 Å². The smallest absolute Gasteiger partial charge is 0.0742 e. The lowest BCUT2D eigenvalue weighted by Crippen LogP contribution is -1.86. The van der Waals surface area contributed by atoms with E-state index >= 15 is 0 Å². The highest BCUT2D eigenvalue weighted by Gasteiger charge is 2.06. The third kappa shape index (κ3) is 4.33. The van der Waals surface area contributed by atoms with E-state index in [1.54, 1.807) is 11.3 Å². The van der Waals surface area contributed by atoms with Crippen LogP contribution in [0, 0.1) is 0 Å². The minimum Gasteiger partial charge on any atom is -0.135 e. The molecule has 0 aliphatic rings. The van der Waals surface area contributed by atoms with Crippen molar-refractivity contribution in [3.05, 3.63) is 19.2 Å². The fourth-order valence-corrected chi connectivity index (χ4v) is 4.17. The van der Waals surface area contributed by atoms with Crippen molar-refractivity contribution in [1.82, 2.24) is 0 Å². The van der Waals surface area contributed by atoms with Gasteiger partial charge in [0.15, 0.2) is 0 Å². The second kappa shape index (κ2) is 7.42. The maximum absolute atomic E-state index is 3.58. The van der Waals surface area contributed by atoms with E-state index in [2.05, 4.69) is 53.2 Å². The topological polar surface area (TPSA) is 0 Å². The molecule has 0 fully saturated rings. The molecule has 0 N–H and O–H groups in total. The lowest BCUT2D eigenvalue weighted by Gasteiger charge is -2.00. The second-order valence-electron chi connectivity index (χ2n) is 3.19. The molecule has 0 nitrogen and oxygen atoms in total. The van der Waals surface area contributed by atoms with Gasteiger partial charge in [0.2, 0.25) is 0 Å². The van der Waals surface area contributed by atoms with Gasteiger partial charge in [0, 0.05) is 15.2 Å². The summed E-state index contributed by atoms with van der Waals surface area (Å²) in [6, 6.07) is 0. The van der Waals surface area contributed by atoms with Crippen molar-refractivity contribution in [1.29, 1.82) is 0 Å². The molecule has 80 valence electrons. The van der Waals surface area contributed by atoms with Crippen molar-refractivity contribution < 1.29 is 0 Å². The van der Waals surface area contributed by atoms with Crippen LogP contribution in [0.4, 0.5) is 0 Å². The molecule has 14 heavy (non-hydrogen) atoms. The highest BCUT2D eigenvalue weighted by molar-refractivity contribution is 9.11. The summed E-state index contributed by atoms with van der Waals surface area (Å²) < 4.78 is 2.54. The average Bonchev–Trinajstić information content (AvgIpc) is 2.48. The Morgan fingerprint density at radius 1 is 1.07 bits per heavy atom. The van der Waals surface area contributed by atoms with E-state index < -0.39 is 0 Å². The summed E-state index contributed by atoms with van der Waals surface area (Å²) in [5.41, 5.74) is 1.44. The Balaban J connectivity index is 2.24. The van der Waals surface area contributed by atoms with E-state index in [1.807, 2.05) is 0 Å². The third-order valence-corrected chi connectivity index (χ3v) is 5.52. The first-order chi connectivity index (χ1) is 6.75.